The van der Waals surface area contributed by atoms with Crippen molar-refractivity contribution in [3.8, 4) is 17.2 Å². The molecule has 2 aromatic carbocycles. The van der Waals surface area contributed by atoms with Gasteiger partial charge < -0.3 is 14.2 Å². The van der Waals surface area contributed by atoms with E-state index in [0.717, 1.165) is 5.41 Å². The van der Waals surface area contributed by atoms with Gasteiger partial charge in [-0.15, -0.1) is 0 Å². The van der Waals surface area contributed by atoms with Crippen LogP contribution < -0.4 is 14.2 Å². The molecule has 2 aromatic rings. The molecule has 0 atom stereocenters. The zero-order valence-electron chi connectivity index (χ0n) is 13.0. The van der Waals surface area contributed by atoms with E-state index in [-0.39, 0.29) is 16.2 Å². The molecular formula is C17H14O6S. The number of rotatable bonds is 4. The van der Waals surface area contributed by atoms with E-state index in [0.29, 0.717) is 17.1 Å². The van der Waals surface area contributed by atoms with Crippen LogP contribution in [-0.4, -0.2) is 28.6 Å². The predicted octanol–water partition coefficient (Wildman–Crippen LogP) is 2.44. The third-order valence-corrected chi connectivity index (χ3v) is 5.06. The van der Waals surface area contributed by atoms with Gasteiger partial charge in [0.05, 0.1) is 30.1 Å². The third kappa shape index (κ3) is 2.74. The minimum atomic E-state index is -3.62. The molecule has 6 nitrogen and oxygen atoms in total. The number of sulfone groups is 1. The first kappa shape index (κ1) is 16.1. The number of ether oxygens (including phenoxy) is 3. The van der Waals surface area contributed by atoms with E-state index in [2.05, 4.69) is 0 Å². The molecule has 7 heteroatoms. The summed E-state index contributed by atoms with van der Waals surface area (Å²) >= 11 is 0. The number of methoxy groups -OCH3 is 2. The van der Waals surface area contributed by atoms with Gasteiger partial charge in [0.1, 0.15) is 5.75 Å². The molecule has 0 amide bonds. The minimum Gasteiger partial charge on any atom is -0.493 e. The SMILES string of the molecule is COc1ccc(OC(=O)C2=CS(=O)(=O)c3ccccc32)cc1OC. The highest BCUT2D eigenvalue weighted by atomic mass is 32.2. The summed E-state index contributed by atoms with van der Waals surface area (Å²) in [5.74, 6) is 0.359. The normalized spacial score (nSPS) is 14.5. The van der Waals surface area contributed by atoms with Gasteiger partial charge in [0.25, 0.3) is 0 Å². The number of hydrogen-bond acceptors (Lipinski definition) is 6. The smallest absolute Gasteiger partial charge is 0.344 e. The zero-order valence-corrected chi connectivity index (χ0v) is 13.8. The second kappa shape index (κ2) is 6.01. The van der Waals surface area contributed by atoms with E-state index in [1.54, 1.807) is 24.3 Å². The Morgan fingerprint density at radius 2 is 1.67 bits per heavy atom. The van der Waals surface area contributed by atoms with Crippen molar-refractivity contribution in [3.63, 3.8) is 0 Å². The highest BCUT2D eigenvalue weighted by Crippen LogP contribution is 2.35. The van der Waals surface area contributed by atoms with Crippen molar-refractivity contribution in [3.05, 3.63) is 53.4 Å². The molecule has 1 aliphatic heterocycles. The molecule has 0 aliphatic carbocycles. The first-order chi connectivity index (χ1) is 11.5. The second-order valence-electron chi connectivity index (χ2n) is 4.98. The Hall–Kier alpha value is -2.80. The standard InChI is InChI=1S/C17H14O6S/c1-21-14-8-7-11(9-15(14)22-2)23-17(18)13-10-24(19,20)16-6-4-3-5-12(13)16/h3-10H,1-2H3. The average molecular weight is 346 g/mol. The summed E-state index contributed by atoms with van der Waals surface area (Å²) in [6.45, 7) is 0. The van der Waals surface area contributed by atoms with Gasteiger partial charge in [-0.3, -0.25) is 0 Å². The number of hydrogen-bond donors (Lipinski definition) is 0. The van der Waals surface area contributed by atoms with Gasteiger partial charge in [0.2, 0.25) is 9.84 Å². The fourth-order valence-electron chi connectivity index (χ4n) is 2.42. The summed E-state index contributed by atoms with van der Waals surface area (Å²) in [6.07, 6.45) is 0. The van der Waals surface area contributed by atoms with Crippen molar-refractivity contribution in [1.29, 1.82) is 0 Å². The maximum absolute atomic E-state index is 12.4. The Morgan fingerprint density at radius 3 is 2.38 bits per heavy atom. The zero-order chi connectivity index (χ0) is 17.3. The van der Waals surface area contributed by atoms with Crippen molar-refractivity contribution < 1.29 is 27.4 Å². The predicted molar refractivity (Wildman–Crippen MR) is 86.8 cm³/mol. The first-order valence-electron chi connectivity index (χ1n) is 6.96. The fourth-order valence-corrected chi connectivity index (χ4v) is 3.83. The van der Waals surface area contributed by atoms with Crippen LogP contribution in [-0.2, 0) is 14.6 Å². The van der Waals surface area contributed by atoms with E-state index in [4.69, 9.17) is 14.2 Å². The van der Waals surface area contributed by atoms with E-state index in [9.17, 15) is 13.2 Å². The van der Waals surface area contributed by atoms with Crippen molar-refractivity contribution >= 4 is 21.4 Å². The second-order valence-corrected chi connectivity index (χ2v) is 6.74. The molecule has 1 heterocycles. The van der Waals surface area contributed by atoms with Crippen LogP contribution >= 0.6 is 0 Å². The van der Waals surface area contributed by atoms with Crippen molar-refractivity contribution in [2.45, 2.75) is 4.90 Å². The molecule has 0 N–H and O–H groups in total. The van der Waals surface area contributed by atoms with Crippen molar-refractivity contribution in [1.82, 2.24) is 0 Å². The molecule has 0 radical (unpaired) electrons. The van der Waals surface area contributed by atoms with E-state index in [1.165, 1.54) is 32.4 Å². The van der Waals surface area contributed by atoms with Crippen molar-refractivity contribution in [2.24, 2.45) is 0 Å². The maximum Gasteiger partial charge on any atom is 0.344 e. The molecule has 3 rings (SSSR count). The van der Waals surface area contributed by atoms with Gasteiger partial charge in [0.15, 0.2) is 11.5 Å². The third-order valence-electron chi connectivity index (χ3n) is 3.54. The van der Waals surface area contributed by atoms with Gasteiger partial charge in [-0.05, 0) is 18.2 Å². The quantitative estimate of drug-likeness (QED) is 0.625. The molecule has 0 unspecified atom stereocenters. The number of benzene rings is 2. The summed E-state index contributed by atoms with van der Waals surface area (Å²) in [7, 11) is -0.664. The molecule has 0 fully saturated rings. The Morgan fingerprint density at radius 1 is 0.958 bits per heavy atom. The van der Waals surface area contributed by atoms with Gasteiger partial charge >= 0.3 is 5.97 Å². The molecular weight excluding hydrogens is 332 g/mol. The molecule has 0 aromatic heterocycles. The van der Waals surface area contributed by atoms with Crippen LogP contribution in [0.3, 0.4) is 0 Å². The summed E-state index contributed by atoms with van der Waals surface area (Å²) in [6, 6.07) is 10.9. The molecule has 0 saturated heterocycles. The van der Waals surface area contributed by atoms with Crippen molar-refractivity contribution in [2.75, 3.05) is 14.2 Å². The number of esters is 1. The Balaban J connectivity index is 1.92. The Kier molecular flexibility index (Phi) is 4.02. The van der Waals surface area contributed by atoms with Crippen LogP contribution in [0.1, 0.15) is 5.56 Å². The first-order valence-corrected chi connectivity index (χ1v) is 8.51. The maximum atomic E-state index is 12.4. The Labute approximate surface area is 139 Å². The van der Waals surface area contributed by atoms with Gasteiger partial charge in [-0.1, -0.05) is 18.2 Å². The summed E-state index contributed by atoms with van der Waals surface area (Å²) in [5, 5.41) is 0.931. The molecule has 24 heavy (non-hydrogen) atoms. The van der Waals surface area contributed by atoms with Crippen LogP contribution in [0.2, 0.25) is 0 Å². The van der Waals surface area contributed by atoms with E-state index < -0.39 is 15.8 Å². The highest BCUT2D eigenvalue weighted by Gasteiger charge is 2.31. The lowest BCUT2D eigenvalue weighted by atomic mass is 10.1. The van der Waals surface area contributed by atoms with Crippen LogP contribution in [0.15, 0.2) is 52.8 Å². The van der Waals surface area contributed by atoms with E-state index in [1.807, 2.05) is 0 Å². The largest absolute Gasteiger partial charge is 0.493 e. The summed E-state index contributed by atoms with van der Waals surface area (Å²) in [5.41, 5.74) is 0.336. The minimum absolute atomic E-state index is 0.000356. The van der Waals surface area contributed by atoms with Gasteiger partial charge in [-0.2, -0.15) is 0 Å². The number of fused-ring (bicyclic) bond motifs is 1. The topological polar surface area (TPSA) is 78.9 Å². The molecule has 124 valence electrons. The Bertz CT molecular complexity index is 943. The van der Waals surface area contributed by atoms with Crippen LogP contribution in [0.4, 0.5) is 0 Å². The molecule has 0 bridgehead atoms. The molecule has 0 saturated carbocycles. The van der Waals surface area contributed by atoms with Crippen LogP contribution in [0, 0.1) is 0 Å². The van der Waals surface area contributed by atoms with Gasteiger partial charge in [0, 0.05) is 11.6 Å². The summed E-state index contributed by atoms with van der Waals surface area (Å²) < 4.78 is 39.7. The van der Waals surface area contributed by atoms with Crippen LogP contribution in [0.25, 0.3) is 5.57 Å². The van der Waals surface area contributed by atoms with E-state index >= 15 is 0 Å². The monoisotopic (exact) mass is 346 g/mol. The lowest BCUT2D eigenvalue weighted by Crippen LogP contribution is -2.09. The summed E-state index contributed by atoms with van der Waals surface area (Å²) in [4.78, 5) is 12.5. The van der Waals surface area contributed by atoms with Crippen LogP contribution in [0.5, 0.6) is 17.2 Å². The number of carbonyl (C=O) groups excluding carboxylic acids is 1. The fraction of sp³-hybridized carbons (Fsp3) is 0.118. The van der Waals surface area contributed by atoms with Gasteiger partial charge in [-0.25, -0.2) is 13.2 Å². The lowest BCUT2D eigenvalue weighted by Gasteiger charge is -2.10. The highest BCUT2D eigenvalue weighted by molar-refractivity contribution is 7.95. The molecule has 1 aliphatic rings. The number of carbonyl (C=O) groups is 1. The average Bonchev–Trinajstić information content (AvgIpc) is 2.86. The molecule has 0 spiro atoms. The lowest BCUT2D eigenvalue weighted by molar-refractivity contribution is -0.127.